The van der Waals surface area contributed by atoms with E-state index in [-0.39, 0.29) is 33.1 Å². The molecule has 4 rings (SSSR count). The summed E-state index contributed by atoms with van der Waals surface area (Å²) in [4.78, 5) is 26.7. The Morgan fingerprint density at radius 1 is 0.969 bits per heavy atom. The molecule has 2 amide bonds. The SMILES string of the molecule is O=C1CN(C(=O)CN(c2cc(Cl)cc(Cl)c2)S(=O)(=O)c2ccccc2)c2ccccc2N1. The van der Waals surface area contributed by atoms with Crippen molar-refractivity contribution >= 4 is 62.1 Å². The van der Waals surface area contributed by atoms with E-state index >= 15 is 0 Å². The topological polar surface area (TPSA) is 86.8 Å². The van der Waals surface area contributed by atoms with Gasteiger partial charge in [-0.15, -0.1) is 0 Å². The van der Waals surface area contributed by atoms with Crippen LogP contribution < -0.4 is 14.5 Å². The highest BCUT2D eigenvalue weighted by Crippen LogP contribution is 2.32. The molecule has 3 aromatic rings. The Morgan fingerprint density at radius 2 is 1.59 bits per heavy atom. The number of halogens is 2. The number of anilines is 3. The average Bonchev–Trinajstić information content (AvgIpc) is 2.76. The van der Waals surface area contributed by atoms with Gasteiger partial charge in [-0.05, 0) is 42.5 Å². The molecule has 0 atom stereocenters. The molecule has 3 aromatic carbocycles. The number of benzene rings is 3. The number of carbonyl (C=O) groups is 2. The zero-order valence-electron chi connectivity index (χ0n) is 16.5. The Hall–Kier alpha value is -3.07. The Morgan fingerprint density at radius 3 is 2.28 bits per heavy atom. The Bertz CT molecular complexity index is 1280. The van der Waals surface area contributed by atoms with Crippen LogP contribution in [0.1, 0.15) is 0 Å². The van der Waals surface area contributed by atoms with E-state index in [0.29, 0.717) is 11.4 Å². The van der Waals surface area contributed by atoms with Crippen molar-refractivity contribution in [1.82, 2.24) is 0 Å². The van der Waals surface area contributed by atoms with Gasteiger partial charge in [0, 0.05) is 10.0 Å². The van der Waals surface area contributed by atoms with E-state index < -0.39 is 22.5 Å². The molecule has 0 radical (unpaired) electrons. The summed E-state index contributed by atoms with van der Waals surface area (Å²) < 4.78 is 27.9. The number of fused-ring (bicyclic) bond motifs is 1. The van der Waals surface area contributed by atoms with Gasteiger partial charge in [0.2, 0.25) is 11.8 Å². The van der Waals surface area contributed by atoms with Gasteiger partial charge in [0.25, 0.3) is 10.0 Å². The fourth-order valence-corrected chi connectivity index (χ4v) is 5.32. The lowest BCUT2D eigenvalue weighted by atomic mass is 10.2. The van der Waals surface area contributed by atoms with Gasteiger partial charge in [0.15, 0.2) is 0 Å². The Balaban J connectivity index is 1.76. The molecular weight excluding hydrogens is 473 g/mol. The summed E-state index contributed by atoms with van der Waals surface area (Å²) in [6.45, 7) is -0.791. The average molecular weight is 490 g/mol. The van der Waals surface area contributed by atoms with Crippen molar-refractivity contribution in [3.63, 3.8) is 0 Å². The van der Waals surface area contributed by atoms with Gasteiger partial charge in [-0.25, -0.2) is 8.42 Å². The van der Waals surface area contributed by atoms with E-state index in [9.17, 15) is 18.0 Å². The van der Waals surface area contributed by atoms with E-state index in [2.05, 4.69) is 5.32 Å². The first-order chi connectivity index (χ1) is 15.3. The van der Waals surface area contributed by atoms with Crippen LogP contribution in [0, 0.1) is 0 Å². The van der Waals surface area contributed by atoms with Crippen LogP contribution in [0.2, 0.25) is 10.0 Å². The molecule has 0 saturated heterocycles. The second-order valence-electron chi connectivity index (χ2n) is 7.00. The van der Waals surface area contributed by atoms with Gasteiger partial charge in [-0.3, -0.25) is 18.8 Å². The van der Waals surface area contributed by atoms with Crippen molar-refractivity contribution < 1.29 is 18.0 Å². The van der Waals surface area contributed by atoms with Crippen molar-refractivity contribution in [2.24, 2.45) is 0 Å². The number of nitrogens with one attached hydrogen (secondary N) is 1. The Labute approximate surface area is 195 Å². The molecule has 1 aliphatic rings. The van der Waals surface area contributed by atoms with Crippen LogP contribution in [0.15, 0.2) is 77.7 Å². The number of amides is 2. The van der Waals surface area contributed by atoms with E-state index in [1.807, 2.05) is 0 Å². The fourth-order valence-electron chi connectivity index (χ4n) is 3.38. The molecule has 7 nitrogen and oxygen atoms in total. The monoisotopic (exact) mass is 489 g/mol. The lowest BCUT2D eigenvalue weighted by Crippen LogP contribution is -2.48. The zero-order chi connectivity index (χ0) is 22.9. The first kappa shape index (κ1) is 22.1. The van der Waals surface area contributed by atoms with Crippen LogP contribution in [-0.2, 0) is 19.6 Å². The number of nitrogens with zero attached hydrogens (tertiary/aromatic N) is 2. The van der Waals surface area contributed by atoms with Crippen molar-refractivity contribution in [3.8, 4) is 0 Å². The molecule has 1 aliphatic heterocycles. The van der Waals surface area contributed by atoms with Crippen LogP contribution in [0.3, 0.4) is 0 Å². The summed E-state index contributed by atoms with van der Waals surface area (Å²) in [5, 5.41) is 3.14. The summed E-state index contributed by atoms with van der Waals surface area (Å²) in [5.41, 5.74) is 1.09. The van der Waals surface area contributed by atoms with Gasteiger partial charge in [-0.2, -0.15) is 0 Å². The maximum absolute atomic E-state index is 13.5. The van der Waals surface area contributed by atoms with Gasteiger partial charge < -0.3 is 5.32 Å². The Kier molecular flexibility index (Phi) is 6.10. The largest absolute Gasteiger partial charge is 0.323 e. The molecule has 0 bridgehead atoms. The maximum atomic E-state index is 13.5. The first-order valence-electron chi connectivity index (χ1n) is 9.49. The van der Waals surface area contributed by atoms with Crippen LogP contribution in [0.5, 0.6) is 0 Å². The molecule has 0 unspecified atom stereocenters. The highest BCUT2D eigenvalue weighted by atomic mass is 35.5. The van der Waals surface area contributed by atoms with Gasteiger partial charge >= 0.3 is 0 Å². The fraction of sp³-hybridized carbons (Fsp3) is 0.0909. The molecule has 0 aliphatic carbocycles. The molecule has 0 aromatic heterocycles. The number of carbonyl (C=O) groups excluding carboxylic acids is 2. The van der Waals surface area contributed by atoms with Crippen molar-refractivity contribution in [2.75, 3.05) is 27.6 Å². The van der Waals surface area contributed by atoms with Crippen LogP contribution in [0.4, 0.5) is 17.1 Å². The molecule has 1 N–H and O–H groups in total. The molecule has 0 fully saturated rings. The van der Waals surface area contributed by atoms with E-state index in [1.54, 1.807) is 42.5 Å². The van der Waals surface area contributed by atoms with Gasteiger partial charge in [-0.1, -0.05) is 53.5 Å². The molecule has 1 heterocycles. The quantitative estimate of drug-likeness (QED) is 0.582. The van der Waals surface area contributed by atoms with Crippen LogP contribution in [0.25, 0.3) is 0 Å². The third-order valence-electron chi connectivity index (χ3n) is 4.82. The summed E-state index contributed by atoms with van der Waals surface area (Å²) in [7, 11) is -4.14. The number of sulfonamides is 1. The number of rotatable bonds is 5. The molecule has 10 heteroatoms. The van der Waals surface area contributed by atoms with Crippen LogP contribution >= 0.6 is 23.2 Å². The predicted molar refractivity (Wildman–Crippen MR) is 125 cm³/mol. The summed E-state index contributed by atoms with van der Waals surface area (Å²) in [5.74, 6) is -0.955. The minimum Gasteiger partial charge on any atom is -0.323 e. The van der Waals surface area contributed by atoms with E-state index in [4.69, 9.17) is 23.2 Å². The lowest BCUT2D eigenvalue weighted by Gasteiger charge is -2.32. The zero-order valence-corrected chi connectivity index (χ0v) is 18.9. The summed E-state index contributed by atoms with van der Waals surface area (Å²) in [6.07, 6.45) is 0. The van der Waals surface area contributed by atoms with E-state index in [0.717, 1.165) is 4.31 Å². The first-order valence-corrected chi connectivity index (χ1v) is 11.7. The van der Waals surface area contributed by atoms with Crippen molar-refractivity contribution in [3.05, 3.63) is 82.8 Å². The third kappa shape index (κ3) is 4.43. The van der Waals surface area contributed by atoms with Crippen molar-refractivity contribution in [2.45, 2.75) is 4.90 Å². The number of para-hydroxylation sites is 2. The molecule has 32 heavy (non-hydrogen) atoms. The normalized spacial score (nSPS) is 13.3. The summed E-state index contributed by atoms with van der Waals surface area (Å²) >= 11 is 12.2. The lowest BCUT2D eigenvalue weighted by molar-refractivity contribution is -0.121. The molecule has 164 valence electrons. The standard InChI is InChI=1S/C22H17Cl2N3O4S/c23-15-10-16(24)12-17(11-15)27(32(30,31)18-6-2-1-3-7-18)14-22(29)26-13-21(28)25-19-8-4-5-9-20(19)26/h1-12H,13-14H2,(H,25,28). The minimum atomic E-state index is -4.14. The second kappa shape index (κ2) is 8.82. The number of hydrogen-bond donors (Lipinski definition) is 1. The highest BCUT2D eigenvalue weighted by Gasteiger charge is 2.32. The predicted octanol–water partition coefficient (Wildman–Crippen LogP) is 4.17. The van der Waals surface area contributed by atoms with Crippen LogP contribution in [-0.4, -0.2) is 33.3 Å². The van der Waals surface area contributed by atoms with Crippen molar-refractivity contribution in [1.29, 1.82) is 0 Å². The minimum absolute atomic E-state index is 0.000635. The smallest absolute Gasteiger partial charge is 0.264 e. The molecular formula is C22H17Cl2N3O4S. The van der Waals surface area contributed by atoms with Gasteiger partial charge in [0.1, 0.15) is 13.1 Å². The molecule has 0 spiro atoms. The highest BCUT2D eigenvalue weighted by molar-refractivity contribution is 7.92. The number of hydrogen-bond acceptors (Lipinski definition) is 4. The second-order valence-corrected chi connectivity index (χ2v) is 9.73. The van der Waals surface area contributed by atoms with Gasteiger partial charge in [0.05, 0.1) is 22.0 Å². The van der Waals surface area contributed by atoms with E-state index in [1.165, 1.54) is 35.2 Å². The molecule has 0 saturated carbocycles. The third-order valence-corrected chi connectivity index (χ3v) is 7.04. The summed E-state index contributed by atoms with van der Waals surface area (Å²) in [6, 6.07) is 18.8. The maximum Gasteiger partial charge on any atom is 0.264 e.